The minimum Gasteiger partial charge on any atom is -0.396 e. The van der Waals surface area contributed by atoms with E-state index < -0.39 is 17.3 Å². The highest BCUT2D eigenvalue weighted by Crippen LogP contribution is 2.19. The first kappa shape index (κ1) is 22.0. The van der Waals surface area contributed by atoms with Crippen LogP contribution in [0.4, 0.5) is 10.1 Å². The van der Waals surface area contributed by atoms with Crippen LogP contribution < -0.4 is 10.9 Å². The number of carbonyl (C=O) groups is 2. The Morgan fingerprint density at radius 3 is 2.48 bits per heavy atom. The highest BCUT2D eigenvalue weighted by Gasteiger charge is 2.18. The van der Waals surface area contributed by atoms with Gasteiger partial charge in [0.1, 0.15) is 18.2 Å². The molecule has 0 spiro atoms. The Balaban J connectivity index is 1.97. The van der Waals surface area contributed by atoms with E-state index in [1.165, 1.54) is 29.7 Å². The minimum atomic E-state index is -0.495. The molecule has 1 amide bonds. The molecule has 31 heavy (non-hydrogen) atoms. The van der Waals surface area contributed by atoms with Crippen LogP contribution in [0.25, 0.3) is 11.4 Å². The first-order chi connectivity index (χ1) is 14.8. The molecule has 160 valence electrons. The fraction of sp³-hybridized carbons (Fsp3) is 0.217. The minimum absolute atomic E-state index is 0.0914. The number of nitrogens with zero attached hydrogens (tertiary/aromatic N) is 2. The molecule has 0 aliphatic carbocycles. The van der Waals surface area contributed by atoms with E-state index in [0.29, 0.717) is 28.1 Å². The number of anilines is 1. The molecule has 2 N–H and O–H groups in total. The summed E-state index contributed by atoms with van der Waals surface area (Å²) in [5, 5.41) is 12.0. The van der Waals surface area contributed by atoms with Crippen molar-refractivity contribution in [1.29, 1.82) is 0 Å². The Bertz CT molecular complexity index is 1190. The van der Waals surface area contributed by atoms with Crippen LogP contribution in [0.3, 0.4) is 0 Å². The summed E-state index contributed by atoms with van der Waals surface area (Å²) in [5.74, 6) is -0.918. The van der Waals surface area contributed by atoms with Gasteiger partial charge in [0.25, 0.3) is 5.56 Å². The van der Waals surface area contributed by atoms with Crippen LogP contribution in [0.2, 0.25) is 0 Å². The molecule has 1 heterocycles. The Kier molecular flexibility index (Phi) is 6.71. The van der Waals surface area contributed by atoms with E-state index in [-0.39, 0.29) is 31.2 Å². The number of aromatic nitrogens is 2. The Labute approximate surface area is 178 Å². The average Bonchev–Trinajstić information content (AvgIpc) is 2.73. The summed E-state index contributed by atoms with van der Waals surface area (Å²) >= 11 is 0. The fourth-order valence-corrected chi connectivity index (χ4v) is 3.23. The molecule has 3 aromatic rings. The largest absolute Gasteiger partial charge is 0.396 e. The summed E-state index contributed by atoms with van der Waals surface area (Å²) in [7, 11) is 0. The monoisotopic (exact) mass is 423 g/mol. The van der Waals surface area contributed by atoms with Crippen molar-refractivity contribution in [2.24, 2.45) is 0 Å². The SMILES string of the molecule is CC(=O)c1ccc(NC(=O)Cn2c(-c3cccc(F)c3)nc(C)c(CCO)c2=O)cc1. The van der Waals surface area contributed by atoms with E-state index in [2.05, 4.69) is 10.3 Å². The maximum absolute atomic E-state index is 13.8. The lowest BCUT2D eigenvalue weighted by Gasteiger charge is -2.16. The molecule has 8 heteroatoms. The number of halogens is 1. The van der Waals surface area contributed by atoms with Crippen molar-refractivity contribution >= 4 is 17.4 Å². The number of aliphatic hydroxyl groups is 1. The number of hydrogen-bond donors (Lipinski definition) is 2. The summed E-state index contributed by atoms with van der Waals surface area (Å²) in [4.78, 5) is 41.5. The lowest BCUT2D eigenvalue weighted by Crippen LogP contribution is -2.33. The third-order valence-corrected chi connectivity index (χ3v) is 4.79. The van der Waals surface area contributed by atoms with Crippen LogP contribution in [0, 0.1) is 12.7 Å². The molecular weight excluding hydrogens is 401 g/mol. The van der Waals surface area contributed by atoms with Crippen molar-refractivity contribution < 1.29 is 19.1 Å². The first-order valence-corrected chi connectivity index (χ1v) is 9.68. The number of benzene rings is 2. The highest BCUT2D eigenvalue weighted by molar-refractivity contribution is 5.95. The van der Waals surface area contributed by atoms with Crippen molar-refractivity contribution in [3.05, 3.63) is 81.5 Å². The van der Waals surface area contributed by atoms with Gasteiger partial charge >= 0.3 is 0 Å². The van der Waals surface area contributed by atoms with Crippen molar-refractivity contribution in [2.75, 3.05) is 11.9 Å². The molecule has 3 rings (SSSR count). The van der Waals surface area contributed by atoms with Crippen LogP contribution in [0.15, 0.2) is 53.3 Å². The third kappa shape index (κ3) is 5.10. The van der Waals surface area contributed by atoms with Crippen LogP contribution >= 0.6 is 0 Å². The zero-order valence-corrected chi connectivity index (χ0v) is 17.2. The second-order valence-corrected chi connectivity index (χ2v) is 7.06. The number of hydrogen-bond acceptors (Lipinski definition) is 5. The summed E-state index contributed by atoms with van der Waals surface area (Å²) in [6.07, 6.45) is 0.0925. The maximum Gasteiger partial charge on any atom is 0.257 e. The van der Waals surface area contributed by atoms with Crippen molar-refractivity contribution in [3.63, 3.8) is 0 Å². The van der Waals surface area contributed by atoms with Gasteiger partial charge in [0.2, 0.25) is 5.91 Å². The van der Waals surface area contributed by atoms with E-state index in [1.54, 1.807) is 37.3 Å². The molecule has 0 saturated heterocycles. The normalized spacial score (nSPS) is 10.7. The number of carbonyl (C=O) groups excluding carboxylic acids is 2. The van der Waals surface area contributed by atoms with Gasteiger partial charge in [-0.05, 0) is 50.2 Å². The van der Waals surface area contributed by atoms with Crippen LogP contribution in [0.5, 0.6) is 0 Å². The van der Waals surface area contributed by atoms with Crippen molar-refractivity contribution in [3.8, 4) is 11.4 Å². The Morgan fingerprint density at radius 2 is 1.87 bits per heavy atom. The van der Waals surface area contributed by atoms with Gasteiger partial charge in [-0.1, -0.05) is 12.1 Å². The van der Waals surface area contributed by atoms with Crippen molar-refractivity contribution in [2.45, 2.75) is 26.8 Å². The topological polar surface area (TPSA) is 101 Å². The molecule has 2 aromatic carbocycles. The number of Topliss-reactive ketones (excluding diaryl/α,β-unsaturated/α-hetero) is 1. The quantitative estimate of drug-likeness (QED) is 0.569. The van der Waals surface area contributed by atoms with E-state index in [1.807, 2.05) is 0 Å². The molecule has 0 atom stereocenters. The second-order valence-electron chi connectivity index (χ2n) is 7.06. The van der Waals surface area contributed by atoms with Gasteiger partial charge in [0, 0.05) is 41.1 Å². The number of ketones is 1. The van der Waals surface area contributed by atoms with E-state index in [0.717, 1.165) is 0 Å². The molecule has 0 fully saturated rings. The number of rotatable bonds is 7. The first-order valence-electron chi connectivity index (χ1n) is 9.68. The number of aliphatic hydroxyl groups excluding tert-OH is 1. The van der Waals surface area contributed by atoms with Crippen LogP contribution in [-0.2, 0) is 17.8 Å². The predicted molar refractivity (Wildman–Crippen MR) is 114 cm³/mol. The van der Waals surface area contributed by atoms with E-state index in [4.69, 9.17) is 0 Å². The fourth-order valence-electron chi connectivity index (χ4n) is 3.23. The molecule has 7 nitrogen and oxygen atoms in total. The maximum atomic E-state index is 13.8. The van der Waals surface area contributed by atoms with E-state index >= 15 is 0 Å². The molecule has 0 radical (unpaired) electrons. The van der Waals surface area contributed by atoms with Crippen LogP contribution in [-0.4, -0.2) is 33.0 Å². The lowest BCUT2D eigenvalue weighted by molar-refractivity contribution is -0.116. The summed E-state index contributed by atoms with van der Waals surface area (Å²) < 4.78 is 14.9. The zero-order chi connectivity index (χ0) is 22.5. The number of aryl methyl sites for hydroxylation is 1. The molecule has 0 aliphatic heterocycles. The number of nitrogens with one attached hydrogen (secondary N) is 1. The predicted octanol–water partition coefficient (Wildman–Crippen LogP) is 2.73. The summed E-state index contributed by atoms with van der Waals surface area (Å²) in [5.41, 5.74) is 1.57. The number of amides is 1. The molecule has 0 bridgehead atoms. The standard InChI is InChI=1S/C23H22FN3O4/c1-14-20(10-11-28)23(31)27(22(25-14)17-4-3-5-18(24)12-17)13-21(30)26-19-8-6-16(7-9-19)15(2)29/h3-9,12,28H,10-11,13H2,1-2H3,(H,26,30). The van der Waals surface area contributed by atoms with Gasteiger partial charge in [-0.25, -0.2) is 9.37 Å². The highest BCUT2D eigenvalue weighted by atomic mass is 19.1. The Morgan fingerprint density at radius 1 is 1.16 bits per heavy atom. The van der Waals surface area contributed by atoms with Gasteiger partial charge in [-0.2, -0.15) is 0 Å². The summed E-state index contributed by atoms with van der Waals surface area (Å²) in [6.45, 7) is 2.48. The van der Waals surface area contributed by atoms with E-state index in [9.17, 15) is 23.9 Å². The molecule has 0 saturated carbocycles. The van der Waals surface area contributed by atoms with Gasteiger partial charge in [0.05, 0.1) is 0 Å². The summed E-state index contributed by atoms with van der Waals surface area (Å²) in [6, 6.07) is 12.0. The second kappa shape index (κ2) is 9.44. The third-order valence-electron chi connectivity index (χ3n) is 4.79. The van der Waals surface area contributed by atoms with Crippen LogP contribution in [0.1, 0.15) is 28.5 Å². The average molecular weight is 423 g/mol. The Hall–Kier alpha value is -3.65. The van der Waals surface area contributed by atoms with Gasteiger partial charge in [-0.15, -0.1) is 0 Å². The molecule has 0 aliphatic rings. The lowest BCUT2D eigenvalue weighted by atomic mass is 10.1. The van der Waals surface area contributed by atoms with Gasteiger partial charge < -0.3 is 10.4 Å². The molecule has 1 aromatic heterocycles. The van der Waals surface area contributed by atoms with Gasteiger partial charge in [-0.3, -0.25) is 19.0 Å². The molecule has 0 unspecified atom stereocenters. The van der Waals surface area contributed by atoms with Crippen molar-refractivity contribution in [1.82, 2.24) is 9.55 Å². The smallest absolute Gasteiger partial charge is 0.257 e. The molecular formula is C23H22FN3O4. The van der Waals surface area contributed by atoms with Gasteiger partial charge in [0.15, 0.2) is 5.78 Å². The zero-order valence-electron chi connectivity index (χ0n) is 17.2.